The molecule has 3 amide bonds. The number of nitrogens with two attached hydrogens (primary N) is 4. The number of nitrogens with one attached hydrogen (secondary N) is 2. The van der Waals surface area contributed by atoms with Crippen LogP contribution in [0.15, 0.2) is 58.5 Å². The van der Waals surface area contributed by atoms with E-state index >= 15 is 0 Å². The second-order valence-corrected chi connectivity index (χ2v) is 10.3. The fourth-order valence-corrected chi connectivity index (χ4v) is 4.18. The van der Waals surface area contributed by atoms with Crippen LogP contribution in [0.25, 0.3) is 0 Å². The number of amides is 3. The number of aliphatic imine (C=N–C) groups is 2. The van der Waals surface area contributed by atoms with Crippen molar-refractivity contribution in [3.8, 4) is 5.75 Å². The summed E-state index contributed by atoms with van der Waals surface area (Å²) in [7, 11) is 0. The number of carboxylic acids is 1. The average molecular weight is 673 g/mol. The first-order valence-corrected chi connectivity index (χ1v) is 14.8. The molecule has 0 bridgehead atoms. The van der Waals surface area contributed by atoms with Gasteiger partial charge in [0.05, 0.1) is 11.5 Å². The molecule has 18 heteroatoms. The molecule has 0 aliphatic carbocycles. The number of benzene rings is 2. The molecule has 0 saturated heterocycles. The lowest BCUT2D eigenvalue weighted by molar-refractivity contribution is -0.384. The summed E-state index contributed by atoms with van der Waals surface area (Å²) < 4.78 is 0. The minimum atomic E-state index is -1.07. The number of aromatic hydroxyl groups is 1. The molecule has 2 rings (SSSR count). The zero-order valence-electron chi connectivity index (χ0n) is 26.9. The van der Waals surface area contributed by atoms with Crippen LogP contribution in [-0.4, -0.2) is 93.9 Å². The first-order valence-electron chi connectivity index (χ1n) is 14.8. The maximum Gasteiger partial charge on any atom is 0.300 e. The van der Waals surface area contributed by atoms with Crippen molar-refractivity contribution in [1.29, 1.82) is 0 Å². The molecule has 2 aromatic carbocycles. The normalized spacial score (nSPS) is 11.4. The minimum absolute atomic E-state index is 0.0233. The Morgan fingerprint density at radius 2 is 1.54 bits per heavy atom. The van der Waals surface area contributed by atoms with Crippen LogP contribution in [0.3, 0.4) is 0 Å². The summed E-state index contributed by atoms with van der Waals surface area (Å²) in [5.41, 5.74) is 23.3. The number of carbonyl (C=O) groups excluding carboxylic acids is 3. The molecule has 0 radical (unpaired) electrons. The Morgan fingerprint density at radius 1 is 0.958 bits per heavy atom. The molecule has 2 atom stereocenters. The van der Waals surface area contributed by atoms with E-state index in [0.717, 1.165) is 12.5 Å². The van der Waals surface area contributed by atoms with Gasteiger partial charge in [-0.3, -0.25) is 34.3 Å². The van der Waals surface area contributed by atoms with Gasteiger partial charge in [0.25, 0.3) is 11.7 Å². The molecule has 0 aromatic heterocycles. The number of likely N-dealkylation sites (N-methyl/N-ethyl adjacent to an activating group) is 1. The summed E-state index contributed by atoms with van der Waals surface area (Å²) in [6, 6.07) is 10.1. The highest BCUT2D eigenvalue weighted by molar-refractivity contribution is 5.93. The van der Waals surface area contributed by atoms with Gasteiger partial charge in [0, 0.05) is 45.1 Å². The smallest absolute Gasteiger partial charge is 0.300 e. The van der Waals surface area contributed by atoms with E-state index in [1.54, 1.807) is 36.1 Å². The predicted molar refractivity (Wildman–Crippen MR) is 179 cm³/mol. The number of phenolic OH excluding ortho intramolecular Hbond substituents is 1. The number of carbonyl (C=O) groups is 4. The molecule has 18 nitrogen and oxygen atoms in total. The van der Waals surface area contributed by atoms with Crippen LogP contribution in [0.2, 0.25) is 0 Å². The number of aliphatic carboxylic acids is 1. The van der Waals surface area contributed by atoms with Gasteiger partial charge < -0.3 is 48.7 Å². The number of hydrogen-bond donors (Lipinski definition) is 8. The van der Waals surface area contributed by atoms with E-state index in [1.165, 1.54) is 24.3 Å². The SMILES string of the molecule is CC(=O)O.CCN(CCc1ccc([N+](=O)[O-])cc1)C(=O)CNC(=O)[C@@H](CCCN=C(N)N)NC(=O)[C@H](Cc1ccc(O)cc1)N=C(N)N. The summed E-state index contributed by atoms with van der Waals surface area (Å²) in [6.07, 6.45) is 1.03. The molecule has 0 aliphatic rings. The summed E-state index contributed by atoms with van der Waals surface area (Å²) in [5.74, 6) is -2.79. The second-order valence-electron chi connectivity index (χ2n) is 10.3. The molecule has 48 heavy (non-hydrogen) atoms. The Labute approximate surface area is 277 Å². The number of carboxylic acid groups (broad SMARTS) is 1. The van der Waals surface area contributed by atoms with Crippen LogP contribution in [0, 0.1) is 10.1 Å². The Morgan fingerprint density at radius 3 is 2.06 bits per heavy atom. The monoisotopic (exact) mass is 672 g/mol. The average Bonchev–Trinajstić information content (AvgIpc) is 3.01. The molecule has 0 aliphatic heterocycles. The molecule has 0 saturated carbocycles. The first kappa shape index (κ1) is 40.1. The Balaban J connectivity index is 0.00000272. The topological polar surface area (TPSA) is 308 Å². The Kier molecular flexibility index (Phi) is 17.5. The lowest BCUT2D eigenvalue weighted by Crippen LogP contribution is -2.52. The molecule has 12 N–H and O–H groups in total. The minimum Gasteiger partial charge on any atom is -0.508 e. The number of nitro benzene ring substituents is 1. The standard InChI is InChI=1S/C28H40N10O6.C2H4O2/c1-2-37(15-13-18-5-9-20(10-6-18)38(43)44)24(40)17-34-25(41)22(4-3-14-33-27(29)30)35-26(42)23(36-28(31)32)16-19-7-11-21(39)12-8-19;1-2(3)4/h5-12,22-23,39H,2-4,13-17H2,1H3,(H,34,41)(H,35,42)(H4,29,30,33)(H4,31,32,36);1H3,(H,3,4)/t22-,23+;/m1./s1. The van der Waals surface area contributed by atoms with Crippen molar-refractivity contribution in [3.05, 3.63) is 69.8 Å². The van der Waals surface area contributed by atoms with E-state index in [4.69, 9.17) is 32.8 Å². The molecule has 0 unspecified atom stereocenters. The predicted octanol–water partition coefficient (Wildman–Crippen LogP) is -0.678. The van der Waals surface area contributed by atoms with E-state index < -0.39 is 34.8 Å². The third-order valence-corrected chi connectivity index (χ3v) is 6.52. The zero-order valence-corrected chi connectivity index (χ0v) is 26.9. The van der Waals surface area contributed by atoms with Crippen LogP contribution in [0.5, 0.6) is 5.75 Å². The first-order chi connectivity index (χ1) is 22.6. The highest BCUT2D eigenvalue weighted by atomic mass is 16.6. The van der Waals surface area contributed by atoms with Crippen LogP contribution >= 0.6 is 0 Å². The molecular weight excluding hydrogens is 628 g/mol. The van der Waals surface area contributed by atoms with Gasteiger partial charge in [-0.2, -0.15) is 0 Å². The fourth-order valence-electron chi connectivity index (χ4n) is 4.18. The van der Waals surface area contributed by atoms with Crippen LogP contribution in [-0.2, 0) is 32.0 Å². The number of non-ortho nitro benzene ring substituents is 1. The van der Waals surface area contributed by atoms with E-state index in [-0.39, 0.29) is 55.2 Å². The van der Waals surface area contributed by atoms with Crippen molar-refractivity contribution in [1.82, 2.24) is 15.5 Å². The van der Waals surface area contributed by atoms with Crippen LogP contribution in [0.1, 0.15) is 37.8 Å². The van der Waals surface area contributed by atoms with Gasteiger partial charge in [0.2, 0.25) is 17.7 Å². The largest absolute Gasteiger partial charge is 0.508 e. The Bertz CT molecular complexity index is 1420. The summed E-state index contributed by atoms with van der Waals surface area (Å²) in [6.45, 7) is 3.47. The van der Waals surface area contributed by atoms with Gasteiger partial charge in [-0.15, -0.1) is 0 Å². The van der Waals surface area contributed by atoms with Crippen molar-refractivity contribution in [2.75, 3.05) is 26.2 Å². The molecular formula is C30H44N10O8. The van der Waals surface area contributed by atoms with Crippen molar-refractivity contribution >= 4 is 41.3 Å². The van der Waals surface area contributed by atoms with Crippen molar-refractivity contribution in [3.63, 3.8) is 0 Å². The molecule has 262 valence electrons. The quantitative estimate of drug-likeness (QED) is 0.0341. The number of hydrogen-bond acceptors (Lipinski definition) is 9. The van der Waals surface area contributed by atoms with Gasteiger partial charge >= 0.3 is 0 Å². The zero-order chi connectivity index (χ0) is 36.2. The number of nitrogens with zero attached hydrogens (tertiary/aromatic N) is 4. The van der Waals surface area contributed by atoms with E-state index in [0.29, 0.717) is 31.5 Å². The lowest BCUT2D eigenvalue weighted by Gasteiger charge is -2.23. The highest BCUT2D eigenvalue weighted by Gasteiger charge is 2.26. The number of phenols is 1. The Hall–Kier alpha value is -5.94. The third kappa shape index (κ3) is 16.4. The van der Waals surface area contributed by atoms with Crippen molar-refractivity contribution in [2.24, 2.45) is 32.9 Å². The summed E-state index contributed by atoms with van der Waals surface area (Å²) in [5, 5.41) is 33.1. The van der Waals surface area contributed by atoms with Gasteiger partial charge in [-0.25, -0.2) is 4.99 Å². The van der Waals surface area contributed by atoms with Gasteiger partial charge in [0.1, 0.15) is 17.8 Å². The maximum atomic E-state index is 13.2. The van der Waals surface area contributed by atoms with Gasteiger partial charge in [-0.1, -0.05) is 24.3 Å². The molecule has 0 spiro atoms. The van der Waals surface area contributed by atoms with Crippen molar-refractivity contribution in [2.45, 2.75) is 51.6 Å². The lowest BCUT2D eigenvalue weighted by atomic mass is 10.0. The number of rotatable bonds is 17. The maximum absolute atomic E-state index is 13.2. The fraction of sp³-hybridized carbons (Fsp3) is 0.400. The van der Waals surface area contributed by atoms with Gasteiger partial charge in [0.15, 0.2) is 11.9 Å². The highest BCUT2D eigenvalue weighted by Crippen LogP contribution is 2.14. The number of guanidine groups is 2. The third-order valence-electron chi connectivity index (χ3n) is 6.52. The second kappa shape index (κ2) is 21.0. The molecule has 0 fully saturated rings. The van der Waals surface area contributed by atoms with E-state index in [1.807, 2.05) is 0 Å². The molecule has 0 heterocycles. The van der Waals surface area contributed by atoms with Crippen LogP contribution < -0.4 is 33.6 Å². The van der Waals surface area contributed by atoms with E-state index in [9.17, 15) is 29.6 Å². The summed E-state index contributed by atoms with van der Waals surface area (Å²) >= 11 is 0. The van der Waals surface area contributed by atoms with Crippen LogP contribution in [0.4, 0.5) is 5.69 Å². The molecule has 2 aromatic rings. The van der Waals surface area contributed by atoms with E-state index in [2.05, 4.69) is 20.6 Å². The van der Waals surface area contributed by atoms with Crippen molar-refractivity contribution < 1.29 is 34.3 Å². The number of nitro groups is 1. The summed E-state index contributed by atoms with van der Waals surface area (Å²) in [4.78, 5) is 68.2. The van der Waals surface area contributed by atoms with Gasteiger partial charge in [-0.05, 0) is 49.4 Å².